The van der Waals surface area contributed by atoms with Crippen LogP contribution >= 0.6 is 0 Å². The highest BCUT2D eigenvalue weighted by atomic mass is 15.3. The Morgan fingerprint density at radius 3 is 2.84 bits per heavy atom. The highest BCUT2D eigenvalue weighted by Gasteiger charge is 2.15. The highest BCUT2D eigenvalue weighted by molar-refractivity contribution is 5.65. The molecule has 0 N–H and O–H groups in total. The fraction of sp³-hybridized carbons (Fsp3) is 0.688. The first-order chi connectivity index (χ1) is 9.31. The van der Waals surface area contributed by atoms with Crippen molar-refractivity contribution in [1.82, 2.24) is 14.7 Å². The number of hydrogen-bond acceptors (Lipinski definition) is 2. The largest absolute Gasteiger partial charge is 0.302 e. The van der Waals surface area contributed by atoms with Crippen LogP contribution in [0, 0.1) is 5.92 Å². The maximum absolute atomic E-state index is 4.57. The Bertz CT molecular complexity index is 441. The molecule has 0 aromatic carbocycles. The molecule has 1 aromatic rings. The Morgan fingerprint density at radius 2 is 2.11 bits per heavy atom. The minimum absolute atomic E-state index is 0.855. The van der Waals surface area contributed by atoms with Gasteiger partial charge in [-0.25, -0.2) is 0 Å². The van der Waals surface area contributed by atoms with Crippen molar-refractivity contribution in [2.24, 2.45) is 5.92 Å². The Balaban J connectivity index is 1.62. The van der Waals surface area contributed by atoms with E-state index in [9.17, 15) is 0 Å². The summed E-state index contributed by atoms with van der Waals surface area (Å²) in [6, 6.07) is 0. The first kappa shape index (κ1) is 12.9. The zero-order valence-corrected chi connectivity index (χ0v) is 12.0. The fourth-order valence-corrected chi connectivity index (χ4v) is 3.30. The SMILES string of the molecule is CN1CC=C(c2cnn(CC3CCCCC3)c2)CC1. The summed E-state index contributed by atoms with van der Waals surface area (Å²) in [7, 11) is 2.18. The maximum Gasteiger partial charge on any atom is 0.0564 e. The number of aromatic nitrogens is 2. The van der Waals surface area contributed by atoms with Gasteiger partial charge < -0.3 is 4.90 Å². The molecule has 0 spiro atoms. The van der Waals surface area contributed by atoms with Crippen LogP contribution in [0.5, 0.6) is 0 Å². The number of hydrogen-bond donors (Lipinski definition) is 0. The van der Waals surface area contributed by atoms with Crippen molar-refractivity contribution in [2.75, 3.05) is 20.1 Å². The van der Waals surface area contributed by atoms with E-state index in [0.717, 1.165) is 25.4 Å². The van der Waals surface area contributed by atoms with E-state index in [1.165, 1.54) is 49.8 Å². The molecule has 1 fully saturated rings. The van der Waals surface area contributed by atoms with Crippen LogP contribution in [-0.2, 0) is 6.54 Å². The minimum Gasteiger partial charge on any atom is -0.302 e. The lowest BCUT2D eigenvalue weighted by Crippen LogP contribution is -2.23. The number of rotatable bonds is 3. The number of nitrogens with zero attached hydrogens (tertiary/aromatic N) is 3. The molecule has 0 radical (unpaired) electrons. The van der Waals surface area contributed by atoms with Gasteiger partial charge in [0.2, 0.25) is 0 Å². The molecule has 3 rings (SSSR count). The Morgan fingerprint density at radius 1 is 1.26 bits per heavy atom. The predicted molar refractivity (Wildman–Crippen MR) is 78.9 cm³/mol. The van der Waals surface area contributed by atoms with Crippen LogP contribution in [0.15, 0.2) is 18.5 Å². The summed E-state index contributed by atoms with van der Waals surface area (Å²) in [6.45, 7) is 3.36. The van der Waals surface area contributed by atoms with E-state index in [4.69, 9.17) is 0 Å². The van der Waals surface area contributed by atoms with Gasteiger partial charge in [-0.15, -0.1) is 0 Å². The zero-order valence-electron chi connectivity index (χ0n) is 12.0. The van der Waals surface area contributed by atoms with Crippen LogP contribution in [0.3, 0.4) is 0 Å². The summed E-state index contributed by atoms with van der Waals surface area (Å²) in [5.74, 6) is 0.855. The molecular formula is C16H25N3. The first-order valence-electron chi connectivity index (χ1n) is 7.71. The molecule has 3 heteroatoms. The summed E-state index contributed by atoms with van der Waals surface area (Å²) in [5, 5.41) is 4.57. The van der Waals surface area contributed by atoms with Gasteiger partial charge in [0.1, 0.15) is 0 Å². The third-order valence-corrected chi connectivity index (χ3v) is 4.59. The zero-order chi connectivity index (χ0) is 13.1. The molecule has 0 saturated heterocycles. The van der Waals surface area contributed by atoms with Crippen molar-refractivity contribution < 1.29 is 0 Å². The van der Waals surface area contributed by atoms with Crippen LogP contribution in [0.25, 0.3) is 5.57 Å². The Hall–Kier alpha value is -1.09. The number of likely N-dealkylation sites (N-methyl/N-ethyl adjacent to an activating group) is 1. The van der Waals surface area contributed by atoms with Crippen LogP contribution in [-0.4, -0.2) is 34.8 Å². The van der Waals surface area contributed by atoms with Crippen molar-refractivity contribution in [1.29, 1.82) is 0 Å². The topological polar surface area (TPSA) is 21.1 Å². The van der Waals surface area contributed by atoms with E-state index in [-0.39, 0.29) is 0 Å². The molecule has 3 nitrogen and oxygen atoms in total. The summed E-state index contributed by atoms with van der Waals surface area (Å²) < 4.78 is 2.17. The Labute approximate surface area is 116 Å². The average Bonchev–Trinajstić information content (AvgIpc) is 2.89. The van der Waals surface area contributed by atoms with Gasteiger partial charge in [0.05, 0.1) is 6.20 Å². The van der Waals surface area contributed by atoms with E-state index in [1.54, 1.807) is 0 Å². The molecule has 0 bridgehead atoms. The van der Waals surface area contributed by atoms with E-state index in [2.05, 4.69) is 40.2 Å². The van der Waals surface area contributed by atoms with E-state index in [1.807, 2.05) is 0 Å². The minimum atomic E-state index is 0.855. The van der Waals surface area contributed by atoms with Crippen LogP contribution < -0.4 is 0 Å². The van der Waals surface area contributed by atoms with Gasteiger partial charge in [0, 0.05) is 31.4 Å². The average molecular weight is 259 g/mol. The van der Waals surface area contributed by atoms with Gasteiger partial charge in [-0.1, -0.05) is 25.3 Å². The molecule has 1 aliphatic heterocycles. The third-order valence-electron chi connectivity index (χ3n) is 4.59. The van der Waals surface area contributed by atoms with Crippen LogP contribution in [0.4, 0.5) is 0 Å². The first-order valence-corrected chi connectivity index (χ1v) is 7.71. The van der Waals surface area contributed by atoms with Crippen molar-refractivity contribution >= 4 is 5.57 Å². The molecule has 104 valence electrons. The molecular weight excluding hydrogens is 234 g/mol. The summed E-state index contributed by atoms with van der Waals surface area (Å²) >= 11 is 0. The molecule has 1 aliphatic carbocycles. The monoisotopic (exact) mass is 259 g/mol. The lowest BCUT2D eigenvalue weighted by atomic mass is 9.89. The second kappa shape index (κ2) is 5.91. The van der Waals surface area contributed by atoms with Crippen molar-refractivity contribution in [2.45, 2.75) is 45.1 Å². The van der Waals surface area contributed by atoms with E-state index in [0.29, 0.717) is 0 Å². The molecule has 2 heterocycles. The Kier molecular flexibility index (Phi) is 4.02. The van der Waals surface area contributed by atoms with E-state index >= 15 is 0 Å². The molecule has 1 saturated carbocycles. The van der Waals surface area contributed by atoms with Crippen molar-refractivity contribution in [3.8, 4) is 0 Å². The molecule has 0 atom stereocenters. The maximum atomic E-state index is 4.57. The summed E-state index contributed by atoms with van der Waals surface area (Å²) in [6.07, 6.45) is 14.9. The fourth-order valence-electron chi connectivity index (χ4n) is 3.30. The van der Waals surface area contributed by atoms with Crippen LogP contribution in [0.2, 0.25) is 0 Å². The molecule has 2 aliphatic rings. The second-order valence-corrected chi connectivity index (χ2v) is 6.20. The molecule has 1 aromatic heterocycles. The molecule has 0 unspecified atom stereocenters. The highest BCUT2D eigenvalue weighted by Crippen LogP contribution is 2.26. The van der Waals surface area contributed by atoms with Gasteiger partial charge >= 0.3 is 0 Å². The smallest absolute Gasteiger partial charge is 0.0564 e. The van der Waals surface area contributed by atoms with Crippen molar-refractivity contribution in [3.63, 3.8) is 0 Å². The predicted octanol–water partition coefficient (Wildman–Crippen LogP) is 3.18. The lowest BCUT2D eigenvalue weighted by Gasteiger charge is -2.22. The quantitative estimate of drug-likeness (QED) is 0.831. The van der Waals surface area contributed by atoms with Gasteiger partial charge in [-0.3, -0.25) is 4.68 Å². The van der Waals surface area contributed by atoms with Crippen LogP contribution in [0.1, 0.15) is 44.1 Å². The lowest BCUT2D eigenvalue weighted by molar-refractivity contribution is 0.308. The van der Waals surface area contributed by atoms with Gasteiger partial charge in [-0.05, 0) is 37.8 Å². The second-order valence-electron chi connectivity index (χ2n) is 6.20. The third kappa shape index (κ3) is 3.27. The van der Waals surface area contributed by atoms with Gasteiger partial charge in [0.15, 0.2) is 0 Å². The summed E-state index contributed by atoms with van der Waals surface area (Å²) in [4.78, 5) is 2.36. The standard InChI is InChI=1S/C16H25N3/c1-18-9-7-15(8-10-18)16-11-17-19(13-16)12-14-5-3-2-4-6-14/h7,11,13-14H,2-6,8-10,12H2,1H3. The van der Waals surface area contributed by atoms with Gasteiger partial charge in [-0.2, -0.15) is 5.10 Å². The molecule has 19 heavy (non-hydrogen) atoms. The van der Waals surface area contributed by atoms with Crippen molar-refractivity contribution in [3.05, 3.63) is 24.0 Å². The van der Waals surface area contributed by atoms with E-state index < -0.39 is 0 Å². The normalized spacial score (nSPS) is 22.5. The molecule has 0 amide bonds. The van der Waals surface area contributed by atoms with Gasteiger partial charge in [0.25, 0.3) is 0 Å². The summed E-state index contributed by atoms with van der Waals surface area (Å²) in [5.41, 5.74) is 2.82.